The van der Waals surface area contributed by atoms with Gasteiger partial charge in [-0.15, -0.1) is 22.7 Å². The SMILES string of the molecule is Cc1csc(/C(C#N)=C\c2ccc(Cc3ccccc3)s2)n1. The van der Waals surface area contributed by atoms with Gasteiger partial charge in [0, 0.05) is 27.2 Å². The van der Waals surface area contributed by atoms with Crippen LogP contribution in [0.25, 0.3) is 11.6 Å². The van der Waals surface area contributed by atoms with Gasteiger partial charge in [0.15, 0.2) is 0 Å². The summed E-state index contributed by atoms with van der Waals surface area (Å²) in [6.07, 6.45) is 2.86. The van der Waals surface area contributed by atoms with Crippen LogP contribution in [-0.4, -0.2) is 4.98 Å². The number of allylic oxidation sites excluding steroid dienone is 1. The summed E-state index contributed by atoms with van der Waals surface area (Å²) < 4.78 is 0. The van der Waals surface area contributed by atoms with Gasteiger partial charge in [-0.2, -0.15) is 5.26 Å². The maximum atomic E-state index is 9.35. The van der Waals surface area contributed by atoms with E-state index in [4.69, 9.17) is 0 Å². The highest BCUT2D eigenvalue weighted by Gasteiger charge is 2.07. The number of hydrogen-bond donors (Lipinski definition) is 0. The van der Waals surface area contributed by atoms with Gasteiger partial charge in [0.05, 0.1) is 5.57 Å². The number of hydrogen-bond acceptors (Lipinski definition) is 4. The van der Waals surface area contributed by atoms with Crippen LogP contribution in [0.1, 0.15) is 26.0 Å². The second-order valence-corrected chi connectivity index (χ2v) is 6.99. The Bertz CT molecular complexity index is 835. The van der Waals surface area contributed by atoms with Crippen LogP contribution in [0.3, 0.4) is 0 Å². The summed E-state index contributed by atoms with van der Waals surface area (Å²) in [5, 5.41) is 12.1. The topological polar surface area (TPSA) is 36.7 Å². The van der Waals surface area contributed by atoms with Crippen molar-refractivity contribution in [2.24, 2.45) is 0 Å². The lowest BCUT2D eigenvalue weighted by Gasteiger charge is -1.97. The third kappa shape index (κ3) is 3.51. The maximum absolute atomic E-state index is 9.35. The second kappa shape index (κ2) is 6.69. The molecule has 0 radical (unpaired) electrons. The predicted octanol–water partition coefficient (Wildman–Crippen LogP) is 5.17. The number of aromatic nitrogens is 1. The van der Waals surface area contributed by atoms with E-state index in [1.807, 2.05) is 24.4 Å². The molecule has 1 aromatic carbocycles. The van der Waals surface area contributed by atoms with Crippen molar-refractivity contribution in [1.82, 2.24) is 4.98 Å². The molecule has 2 nitrogen and oxygen atoms in total. The van der Waals surface area contributed by atoms with Gasteiger partial charge in [-0.25, -0.2) is 4.98 Å². The van der Waals surface area contributed by atoms with E-state index < -0.39 is 0 Å². The standard InChI is InChI=1S/C18H14N2S2/c1-13-12-21-18(20-13)15(11-19)10-17-8-7-16(22-17)9-14-5-3-2-4-6-14/h2-8,10,12H,9H2,1H3/b15-10-. The number of aryl methyl sites for hydroxylation is 1. The summed E-state index contributed by atoms with van der Waals surface area (Å²) in [5.74, 6) is 0. The van der Waals surface area contributed by atoms with Crippen molar-refractivity contribution in [2.75, 3.05) is 0 Å². The molecule has 2 aromatic heterocycles. The first-order chi connectivity index (χ1) is 10.7. The average Bonchev–Trinajstić information content (AvgIpc) is 3.15. The van der Waals surface area contributed by atoms with Crippen molar-refractivity contribution in [3.63, 3.8) is 0 Å². The first-order valence-electron chi connectivity index (χ1n) is 6.91. The Morgan fingerprint density at radius 1 is 1.23 bits per heavy atom. The summed E-state index contributed by atoms with van der Waals surface area (Å²) in [7, 11) is 0. The molecule has 0 fully saturated rings. The normalized spacial score (nSPS) is 11.4. The highest BCUT2D eigenvalue weighted by Crippen LogP contribution is 2.26. The number of thiophene rings is 1. The number of nitriles is 1. The summed E-state index contributed by atoms with van der Waals surface area (Å²) >= 11 is 3.24. The molecule has 0 unspecified atom stereocenters. The third-order valence-corrected chi connectivity index (χ3v) is 5.19. The van der Waals surface area contributed by atoms with E-state index in [1.54, 1.807) is 11.3 Å². The Morgan fingerprint density at radius 2 is 2.05 bits per heavy atom. The van der Waals surface area contributed by atoms with E-state index in [-0.39, 0.29) is 0 Å². The molecule has 4 heteroatoms. The van der Waals surface area contributed by atoms with Gasteiger partial charge in [-0.3, -0.25) is 0 Å². The van der Waals surface area contributed by atoms with Crippen molar-refractivity contribution >= 4 is 34.3 Å². The van der Waals surface area contributed by atoms with Crippen molar-refractivity contribution in [3.8, 4) is 6.07 Å². The number of benzene rings is 1. The van der Waals surface area contributed by atoms with Crippen LogP contribution in [0, 0.1) is 18.3 Å². The Morgan fingerprint density at radius 3 is 2.73 bits per heavy atom. The summed E-state index contributed by atoms with van der Waals surface area (Å²) in [4.78, 5) is 6.77. The number of rotatable bonds is 4. The van der Waals surface area contributed by atoms with Gasteiger partial charge in [-0.1, -0.05) is 30.3 Å². The quantitative estimate of drug-likeness (QED) is 0.621. The monoisotopic (exact) mass is 322 g/mol. The molecule has 0 spiro atoms. The lowest BCUT2D eigenvalue weighted by Crippen LogP contribution is -1.82. The van der Waals surface area contributed by atoms with Gasteiger partial charge in [-0.05, 0) is 30.7 Å². The molecule has 0 atom stereocenters. The maximum Gasteiger partial charge on any atom is 0.134 e. The Labute approximate surface area is 138 Å². The van der Waals surface area contributed by atoms with Crippen molar-refractivity contribution < 1.29 is 0 Å². The molecular weight excluding hydrogens is 308 g/mol. The molecule has 0 bridgehead atoms. The predicted molar refractivity (Wildman–Crippen MR) is 93.9 cm³/mol. The van der Waals surface area contributed by atoms with E-state index in [1.165, 1.54) is 21.8 Å². The van der Waals surface area contributed by atoms with Crippen LogP contribution in [0.5, 0.6) is 0 Å². The fourth-order valence-electron chi connectivity index (χ4n) is 2.13. The molecule has 0 saturated heterocycles. The molecule has 22 heavy (non-hydrogen) atoms. The highest BCUT2D eigenvalue weighted by atomic mass is 32.1. The molecule has 0 aliphatic rings. The second-order valence-electron chi connectivity index (χ2n) is 4.93. The molecule has 0 amide bonds. The van der Waals surface area contributed by atoms with Crippen LogP contribution in [0.4, 0.5) is 0 Å². The molecule has 0 saturated carbocycles. The lowest BCUT2D eigenvalue weighted by atomic mass is 10.1. The molecule has 3 aromatic rings. The molecule has 0 aliphatic carbocycles. The molecule has 0 N–H and O–H groups in total. The van der Waals surface area contributed by atoms with Gasteiger partial charge in [0.2, 0.25) is 0 Å². The summed E-state index contributed by atoms with van der Waals surface area (Å²) in [5.41, 5.74) is 2.89. The zero-order valence-electron chi connectivity index (χ0n) is 12.1. The largest absolute Gasteiger partial charge is 0.241 e. The summed E-state index contributed by atoms with van der Waals surface area (Å²) in [6, 6.07) is 16.9. The summed E-state index contributed by atoms with van der Waals surface area (Å²) in [6.45, 7) is 1.94. The minimum atomic E-state index is 0.631. The minimum Gasteiger partial charge on any atom is -0.241 e. The fraction of sp³-hybridized carbons (Fsp3) is 0.111. The first kappa shape index (κ1) is 14.7. The van der Waals surface area contributed by atoms with E-state index in [9.17, 15) is 5.26 Å². The van der Waals surface area contributed by atoms with Crippen molar-refractivity contribution in [2.45, 2.75) is 13.3 Å². The number of nitrogens with zero attached hydrogens (tertiary/aromatic N) is 2. The van der Waals surface area contributed by atoms with Gasteiger partial charge >= 0.3 is 0 Å². The third-order valence-electron chi connectivity index (χ3n) is 3.16. The van der Waals surface area contributed by atoms with Crippen LogP contribution >= 0.6 is 22.7 Å². The van der Waals surface area contributed by atoms with E-state index in [0.29, 0.717) is 5.57 Å². The zero-order chi connectivity index (χ0) is 15.4. The fourth-order valence-corrected chi connectivity index (χ4v) is 3.88. The van der Waals surface area contributed by atoms with Crippen LogP contribution < -0.4 is 0 Å². The molecule has 108 valence electrons. The van der Waals surface area contributed by atoms with Gasteiger partial charge in [0.1, 0.15) is 11.1 Å². The van der Waals surface area contributed by atoms with Gasteiger partial charge in [0.25, 0.3) is 0 Å². The average molecular weight is 322 g/mol. The van der Waals surface area contributed by atoms with Crippen LogP contribution in [0.15, 0.2) is 47.8 Å². The Kier molecular flexibility index (Phi) is 4.47. The van der Waals surface area contributed by atoms with Gasteiger partial charge < -0.3 is 0 Å². The Balaban J connectivity index is 1.81. The van der Waals surface area contributed by atoms with Crippen molar-refractivity contribution in [1.29, 1.82) is 5.26 Å². The first-order valence-corrected chi connectivity index (χ1v) is 8.61. The Hall–Kier alpha value is -2.22. The van der Waals surface area contributed by atoms with Crippen molar-refractivity contribution in [3.05, 3.63) is 73.9 Å². The molecule has 3 rings (SSSR count). The molecule has 2 heterocycles. The zero-order valence-corrected chi connectivity index (χ0v) is 13.7. The molecular formula is C18H14N2S2. The minimum absolute atomic E-state index is 0.631. The van der Waals surface area contributed by atoms with E-state index in [2.05, 4.69) is 47.5 Å². The number of thiazole rings is 1. The smallest absolute Gasteiger partial charge is 0.134 e. The van der Waals surface area contributed by atoms with Crippen LogP contribution in [-0.2, 0) is 6.42 Å². The van der Waals surface area contributed by atoms with Crippen LogP contribution in [0.2, 0.25) is 0 Å². The lowest BCUT2D eigenvalue weighted by molar-refractivity contribution is 1.24. The van der Waals surface area contributed by atoms with E-state index >= 15 is 0 Å². The van der Waals surface area contributed by atoms with E-state index in [0.717, 1.165) is 22.0 Å². The highest BCUT2D eigenvalue weighted by molar-refractivity contribution is 7.13. The molecule has 0 aliphatic heterocycles.